The molecule has 0 aliphatic carbocycles. The SMILES string of the molecule is CCN(CC)S(=O)(=O)[O-].[NH3+]CCO. The molecule has 0 aromatic carbocycles. The Hall–Kier alpha value is -0.210. The van der Waals surface area contributed by atoms with Gasteiger partial charge in [-0.1, -0.05) is 13.8 Å². The summed E-state index contributed by atoms with van der Waals surface area (Å²) in [7, 11) is -4.18. The van der Waals surface area contributed by atoms with E-state index in [9.17, 15) is 13.0 Å². The maximum absolute atomic E-state index is 10.2. The lowest BCUT2D eigenvalue weighted by Gasteiger charge is -2.20. The van der Waals surface area contributed by atoms with Gasteiger partial charge in [-0.3, -0.25) is 0 Å². The summed E-state index contributed by atoms with van der Waals surface area (Å²) < 4.78 is 31.3. The Balaban J connectivity index is 0. The summed E-state index contributed by atoms with van der Waals surface area (Å²) in [4.78, 5) is 0. The van der Waals surface area contributed by atoms with Crippen LogP contribution >= 0.6 is 0 Å². The molecule has 0 rings (SSSR count). The third kappa shape index (κ3) is 9.71. The van der Waals surface area contributed by atoms with E-state index < -0.39 is 10.3 Å². The summed E-state index contributed by atoms with van der Waals surface area (Å²) in [5, 5.41) is 7.81. The number of aliphatic hydroxyl groups is 1. The summed E-state index contributed by atoms with van der Waals surface area (Å²) in [5.74, 6) is 0. The fraction of sp³-hybridized carbons (Fsp3) is 1.00. The number of aliphatic hydroxyl groups excluding tert-OH is 1. The average Bonchev–Trinajstić information content (AvgIpc) is 2.05. The van der Waals surface area contributed by atoms with Crippen LogP contribution in [-0.4, -0.2) is 48.6 Å². The Bertz CT molecular complexity index is 187. The molecule has 0 radical (unpaired) electrons. The van der Waals surface area contributed by atoms with Crippen molar-refractivity contribution in [3.63, 3.8) is 0 Å². The van der Waals surface area contributed by atoms with E-state index in [2.05, 4.69) is 5.73 Å². The molecule has 13 heavy (non-hydrogen) atoms. The van der Waals surface area contributed by atoms with Gasteiger partial charge in [-0.2, -0.15) is 0 Å². The van der Waals surface area contributed by atoms with Crippen LogP contribution in [0.4, 0.5) is 0 Å². The highest BCUT2D eigenvalue weighted by atomic mass is 32.2. The summed E-state index contributed by atoms with van der Waals surface area (Å²) in [6, 6.07) is 0. The van der Waals surface area contributed by atoms with Crippen LogP contribution in [0.25, 0.3) is 0 Å². The molecule has 0 unspecified atom stereocenters. The van der Waals surface area contributed by atoms with Gasteiger partial charge in [0.05, 0.1) is 13.2 Å². The zero-order valence-corrected chi connectivity index (χ0v) is 8.88. The second-order valence-electron chi connectivity index (χ2n) is 2.12. The first-order chi connectivity index (χ1) is 5.93. The molecule has 82 valence electrons. The Morgan fingerprint density at radius 1 is 1.38 bits per heavy atom. The van der Waals surface area contributed by atoms with Gasteiger partial charge in [0.1, 0.15) is 0 Å². The normalized spacial score (nSPS) is 10.9. The third-order valence-corrected chi connectivity index (χ3v) is 2.33. The Labute approximate surface area is 79.2 Å². The number of nitrogens with zero attached hydrogens (tertiary/aromatic N) is 1. The predicted molar refractivity (Wildman–Crippen MR) is 47.5 cm³/mol. The van der Waals surface area contributed by atoms with E-state index in [0.29, 0.717) is 6.54 Å². The second-order valence-corrected chi connectivity index (χ2v) is 3.49. The molecule has 0 aliphatic rings. The number of hydrogen-bond donors (Lipinski definition) is 2. The molecule has 6 nitrogen and oxygen atoms in total. The van der Waals surface area contributed by atoms with Gasteiger partial charge in [0.2, 0.25) is 0 Å². The quantitative estimate of drug-likeness (QED) is 0.528. The zero-order chi connectivity index (χ0) is 10.9. The number of quaternary nitrogens is 1. The Morgan fingerprint density at radius 2 is 1.69 bits per heavy atom. The molecule has 0 fully saturated rings. The maximum atomic E-state index is 10.2. The lowest BCUT2D eigenvalue weighted by Crippen LogP contribution is -2.51. The number of hydrogen-bond acceptors (Lipinski definition) is 4. The molecule has 0 saturated heterocycles. The first-order valence-electron chi connectivity index (χ1n) is 4.05. The van der Waals surface area contributed by atoms with Crippen LogP contribution in [0.5, 0.6) is 0 Å². The Kier molecular flexibility index (Phi) is 9.86. The van der Waals surface area contributed by atoms with Crippen LogP contribution in [0.1, 0.15) is 13.8 Å². The van der Waals surface area contributed by atoms with Gasteiger partial charge in [0.15, 0.2) is 10.3 Å². The lowest BCUT2D eigenvalue weighted by molar-refractivity contribution is -0.372. The monoisotopic (exact) mass is 214 g/mol. The van der Waals surface area contributed by atoms with Crippen molar-refractivity contribution in [2.24, 2.45) is 0 Å². The van der Waals surface area contributed by atoms with Gasteiger partial charge in [0.25, 0.3) is 0 Å². The van der Waals surface area contributed by atoms with Crippen LogP contribution in [0.3, 0.4) is 0 Å². The molecule has 7 heteroatoms. The highest BCUT2D eigenvalue weighted by Crippen LogP contribution is 1.93. The van der Waals surface area contributed by atoms with E-state index in [0.717, 1.165) is 4.31 Å². The number of rotatable bonds is 4. The van der Waals surface area contributed by atoms with Gasteiger partial charge in [-0.25, -0.2) is 12.7 Å². The molecule has 0 bridgehead atoms. The van der Waals surface area contributed by atoms with Crippen molar-refractivity contribution >= 4 is 10.3 Å². The lowest BCUT2D eigenvalue weighted by atomic mass is 10.7. The van der Waals surface area contributed by atoms with E-state index in [1.165, 1.54) is 0 Å². The fourth-order valence-electron chi connectivity index (χ4n) is 0.540. The van der Waals surface area contributed by atoms with Crippen molar-refractivity contribution in [2.75, 3.05) is 26.2 Å². The smallest absolute Gasteiger partial charge is 0.161 e. The van der Waals surface area contributed by atoms with E-state index >= 15 is 0 Å². The minimum Gasteiger partial charge on any atom is -0.735 e. The van der Waals surface area contributed by atoms with Crippen molar-refractivity contribution in [1.82, 2.24) is 4.31 Å². The third-order valence-electron chi connectivity index (χ3n) is 1.18. The van der Waals surface area contributed by atoms with E-state index in [1.54, 1.807) is 13.8 Å². The molecule has 0 saturated carbocycles. The fourth-order valence-corrected chi connectivity index (χ4v) is 1.17. The van der Waals surface area contributed by atoms with Crippen molar-refractivity contribution in [3.8, 4) is 0 Å². The van der Waals surface area contributed by atoms with Gasteiger partial charge in [0, 0.05) is 13.1 Å². The molecule has 0 heterocycles. The summed E-state index contributed by atoms with van der Waals surface area (Å²) >= 11 is 0. The molecular weight excluding hydrogens is 196 g/mol. The minimum absolute atomic E-state index is 0.208. The summed E-state index contributed by atoms with van der Waals surface area (Å²) in [6.07, 6.45) is 0. The van der Waals surface area contributed by atoms with Gasteiger partial charge in [-0.05, 0) is 0 Å². The van der Waals surface area contributed by atoms with Gasteiger partial charge >= 0.3 is 0 Å². The molecule has 4 N–H and O–H groups in total. The van der Waals surface area contributed by atoms with Crippen molar-refractivity contribution in [3.05, 3.63) is 0 Å². The molecule has 0 aromatic heterocycles. The predicted octanol–water partition coefficient (Wildman–Crippen LogP) is -1.99. The highest BCUT2D eigenvalue weighted by Gasteiger charge is 2.03. The minimum atomic E-state index is -4.18. The van der Waals surface area contributed by atoms with Crippen LogP contribution in [0.2, 0.25) is 0 Å². The van der Waals surface area contributed by atoms with E-state index in [4.69, 9.17) is 5.11 Å². The molecule has 0 aromatic rings. The van der Waals surface area contributed by atoms with Crippen LogP contribution in [-0.2, 0) is 10.3 Å². The average molecular weight is 214 g/mol. The van der Waals surface area contributed by atoms with Crippen molar-refractivity contribution < 1.29 is 23.8 Å². The molecule has 0 amide bonds. The first kappa shape index (κ1) is 15.3. The van der Waals surface area contributed by atoms with E-state index in [1.807, 2.05) is 0 Å². The molecule has 0 aliphatic heterocycles. The van der Waals surface area contributed by atoms with Crippen LogP contribution < -0.4 is 5.73 Å². The second kappa shape index (κ2) is 8.39. The van der Waals surface area contributed by atoms with E-state index in [-0.39, 0.29) is 19.7 Å². The topological polar surface area (TPSA) is 108 Å². The van der Waals surface area contributed by atoms with Crippen molar-refractivity contribution in [1.29, 1.82) is 0 Å². The summed E-state index contributed by atoms with van der Waals surface area (Å²) in [6.45, 7) is 4.59. The molecule has 0 atom stereocenters. The van der Waals surface area contributed by atoms with Crippen LogP contribution in [0, 0.1) is 0 Å². The van der Waals surface area contributed by atoms with Crippen molar-refractivity contribution in [2.45, 2.75) is 13.8 Å². The first-order valence-corrected chi connectivity index (χ1v) is 5.41. The Morgan fingerprint density at radius 3 is 1.69 bits per heavy atom. The standard InChI is InChI=1S/C4H11NO3S.C2H7NO/c1-3-5(4-2)9(6,7)8;3-1-2-4/h3-4H2,1-2H3,(H,6,7,8);4H,1-3H2. The largest absolute Gasteiger partial charge is 0.735 e. The van der Waals surface area contributed by atoms with Gasteiger partial charge < -0.3 is 15.4 Å². The highest BCUT2D eigenvalue weighted by molar-refractivity contribution is 7.83. The zero-order valence-electron chi connectivity index (χ0n) is 8.06. The summed E-state index contributed by atoms with van der Waals surface area (Å²) in [5.41, 5.74) is 3.35. The molecule has 0 spiro atoms. The molecular formula is C6H18N2O4S. The van der Waals surface area contributed by atoms with Gasteiger partial charge in [-0.15, -0.1) is 0 Å². The maximum Gasteiger partial charge on any atom is 0.161 e. The van der Waals surface area contributed by atoms with Crippen LogP contribution in [0.15, 0.2) is 0 Å².